The maximum Gasteiger partial charge on any atom is 0.318 e. The number of ether oxygens (including phenoxy) is 1. The Hall–Kier alpha value is -2.45. The number of anilines is 2. The summed E-state index contributed by atoms with van der Waals surface area (Å²) in [6.07, 6.45) is 1.23. The number of hydrogen-bond acceptors (Lipinski definition) is 7. The normalized spacial score (nSPS) is 22.0. The first-order valence-corrected chi connectivity index (χ1v) is 9.58. The quantitative estimate of drug-likeness (QED) is 0.786. The van der Waals surface area contributed by atoms with E-state index in [-0.39, 0.29) is 18.4 Å². The number of halogens is 1. The molecule has 28 heavy (non-hydrogen) atoms. The second-order valence-corrected chi connectivity index (χ2v) is 7.75. The fourth-order valence-electron chi connectivity index (χ4n) is 4.17. The van der Waals surface area contributed by atoms with Crippen molar-refractivity contribution >= 4 is 11.5 Å². The predicted octanol–water partition coefficient (Wildman–Crippen LogP) is 2.02. The topological polar surface area (TPSA) is 79.5 Å². The molecule has 3 N–H and O–H groups in total. The Morgan fingerprint density at radius 3 is 2.75 bits per heavy atom. The summed E-state index contributed by atoms with van der Waals surface area (Å²) in [4.78, 5) is 13.2. The van der Waals surface area contributed by atoms with Crippen LogP contribution in [0.4, 0.5) is 15.9 Å². The van der Waals surface area contributed by atoms with Crippen LogP contribution in [-0.2, 0) is 13.1 Å². The number of hydrogen-bond donors (Lipinski definition) is 2. The predicted molar refractivity (Wildman–Crippen MR) is 107 cm³/mol. The zero-order valence-electron chi connectivity index (χ0n) is 16.6. The number of methoxy groups -OCH3 is 1. The highest BCUT2D eigenvalue weighted by Gasteiger charge is 2.41. The minimum Gasteiger partial charge on any atom is -0.467 e. The highest BCUT2D eigenvalue weighted by atomic mass is 19.1. The number of benzene rings is 1. The molecule has 2 fully saturated rings. The van der Waals surface area contributed by atoms with Gasteiger partial charge in [0.15, 0.2) is 5.82 Å². The molecule has 2 saturated heterocycles. The molecule has 2 unspecified atom stereocenters. The van der Waals surface area contributed by atoms with Crippen LogP contribution in [0.1, 0.15) is 23.2 Å². The van der Waals surface area contributed by atoms with Crippen LogP contribution in [-0.4, -0.2) is 59.1 Å². The summed E-state index contributed by atoms with van der Waals surface area (Å²) in [7, 11) is 3.68. The largest absolute Gasteiger partial charge is 0.467 e. The van der Waals surface area contributed by atoms with E-state index in [1.165, 1.54) is 13.5 Å². The van der Waals surface area contributed by atoms with Crippen molar-refractivity contribution in [2.75, 3.05) is 38.3 Å². The lowest BCUT2D eigenvalue weighted by Crippen LogP contribution is -2.43. The molecule has 3 heterocycles. The minimum atomic E-state index is -0.220. The van der Waals surface area contributed by atoms with Gasteiger partial charge in [-0.05, 0) is 32.0 Å². The highest BCUT2D eigenvalue weighted by Crippen LogP contribution is 2.30. The van der Waals surface area contributed by atoms with Gasteiger partial charge in [-0.25, -0.2) is 4.39 Å². The third-order valence-corrected chi connectivity index (χ3v) is 5.88. The number of nitrogen functional groups attached to an aromatic ring is 1. The van der Waals surface area contributed by atoms with E-state index in [0.717, 1.165) is 25.2 Å². The Bertz CT molecular complexity index is 874. The lowest BCUT2D eigenvalue weighted by atomic mass is 10.1. The lowest BCUT2D eigenvalue weighted by molar-refractivity contribution is 0.143. The average molecular weight is 386 g/mol. The number of aromatic nitrogens is 2. The molecule has 2 atom stereocenters. The molecule has 0 aliphatic carbocycles. The van der Waals surface area contributed by atoms with E-state index in [0.29, 0.717) is 34.8 Å². The second kappa shape index (κ2) is 7.52. The van der Waals surface area contributed by atoms with Gasteiger partial charge >= 0.3 is 6.01 Å². The molecule has 2 aliphatic heterocycles. The number of nitrogens with one attached hydrogen (secondary N) is 1. The summed E-state index contributed by atoms with van der Waals surface area (Å²) in [6.45, 7) is 5.05. The van der Waals surface area contributed by atoms with Gasteiger partial charge in [0.25, 0.3) is 0 Å². The number of rotatable bonds is 6. The van der Waals surface area contributed by atoms with Crippen molar-refractivity contribution in [3.8, 4) is 6.01 Å². The lowest BCUT2D eigenvalue weighted by Gasteiger charge is -2.31. The molecular weight excluding hydrogens is 359 g/mol. The summed E-state index contributed by atoms with van der Waals surface area (Å²) in [5.74, 6) is 0.229. The molecule has 0 saturated carbocycles. The third kappa shape index (κ3) is 3.62. The van der Waals surface area contributed by atoms with Crippen LogP contribution in [0.15, 0.2) is 18.2 Å². The van der Waals surface area contributed by atoms with E-state index in [4.69, 9.17) is 10.5 Å². The number of fused-ring (bicyclic) bond motifs is 2. The first-order chi connectivity index (χ1) is 13.4. The van der Waals surface area contributed by atoms with Gasteiger partial charge in [0.1, 0.15) is 5.82 Å². The minimum absolute atomic E-state index is 0.220. The Balaban J connectivity index is 1.41. The van der Waals surface area contributed by atoms with Crippen LogP contribution in [0, 0.1) is 12.7 Å². The zero-order valence-corrected chi connectivity index (χ0v) is 16.6. The van der Waals surface area contributed by atoms with Gasteiger partial charge in [0.2, 0.25) is 0 Å². The van der Waals surface area contributed by atoms with Crippen molar-refractivity contribution in [2.45, 2.75) is 38.5 Å². The first kappa shape index (κ1) is 18.9. The second-order valence-electron chi connectivity index (χ2n) is 7.75. The first-order valence-electron chi connectivity index (χ1n) is 9.58. The standard InChI is InChI=1S/C20H27FN6O/c1-12-18(22)19(25-20(24-12)28-3)23-8-14-5-4-13(6-17(14)21)9-27-11-15-7-16(27)10-26(15)2/h4-6,15-16H,7-11,22H2,1-3H3,(H,23,24,25). The van der Waals surface area contributed by atoms with Gasteiger partial charge in [-0.3, -0.25) is 4.90 Å². The summed E-state index contributed by atoms with van der Waals surface area (Å²) < 4.78 is 19.7. The van der Waals surface area contributed by atoms with Crippen LogP contribution < -0.4 is 15.8 Å². The molecule has 2 aliphatic rings. The van der Waals surface area contributed by atoms with Crippen LogP contribution in [0.5, 0.6) is 6.01 Å². The Morgan fingerprint density at radius 2 is 2.11 bits per heavy atom. The SMILES string of the molecule is COc1nc(C)c(N)c(NCc2ccc(CN3CC4CC3CN4C)cc2F)n1. The van der Waals surface area contributed by atoms with Crippen molar-refractivity contribution in [1.29, 1.82) is 0 Å². The van der Waals surface area contributed by atoms with Crippen LogP contribution in [0.2, 0.25) is 0 Å². The van der Waals surface area contributed by atoms with Crippen molar-refractivity contribution in [3.05, 3.63) is 40.8 Å². The van der Waals surface area contributed by atoms with Gasteiger partial charge in [-0.1, -0.05) is 12.1 Å². The molecule has 150 valence electrons. The monoisotopic (exact) mass is 386 g/mol. The molecule has 4 rings (SSSR count). The number of nitrogens with two attached hydrogens (primary N) is 1. The highest BCUT2D eigenvalue weighted by molar-refractivity contribution is 5.64. The zero-order chi connectivity index (χ0) is 19.8. The summed E-state index contributed by atoms with van der Waals surface area (Å²) in [5.41, 5.74) is 8.66. The van der Waals surface area contributed by atoms with Crippen LogP contribution >= 0.6 is 0 Å². The summed E-state index contributed by atoms with van der Waals surface area (Å²) in [6, 6.07) is 6.96. The Morgan fingerprint density at radius 1 is 1.29 bits per heavy atom. The molecule has 2 aromatic rings. The fraction of sp³-hybridized carbons (Fsp3) is 0.500. The van der Waals surface area contributed by atoms with Crippen molar-refractivity contribution in [1.82, 2.24) is 19.8 Å². The summed E-state index contributed by atoms with van der Waals surface area (Å²) >= 11 is 0. The number of likely N-dealkylation sites (tertiary alicyclic amines) is 2. The third-order valence-electron chi connectivity index (χ3n) is 5.88. The van der Waals surface area contributed by atoms with E-state index >= 15 is 0 Å². The number of likely N-dealkylation sites (N-methyl/N-ethyl adjacent to an activating group) is 1. The van der Waals surface area contributed by atoms with Crippen LogP contribution in [0.3, 0.4) is 0 Å². The number of aryl methyl sites for hydroxylation is 1. The van der Waals surface area contributed by atoms with Gasteiger partial charge < -0.3 is 20.7 Å². The van der Waals surface area contributed by atoms with Gasteiger partial charge in [-0.15, -0.1) is 0 Å². The van der Waals surface area contributed by atoms with Gasteiger partial charge in [0, 0.05) is 43.8 Å². The van der Waals surface area contributed by atoms with E-state index in [9.17, 15) is 4.39 Å². The number of nitrogens with zero attached hydrogens (tertiary/aromatic N) is 4. The Kier molecular flexibility index (Phi) is 5.07. The molecule has 2 bridgehead atoms. The number of piperazine rings is 1. The van der Waals surface area contributed by atoms with E-state index in [1.807, 2.05) is 12.1 Å². The van der Waals surface area contributed by atoms with Crippen molar-refractivity contribution in [3.63, 3.8) is 0 Å². The fourth-order valence-corrected chi connectivity index (χ4v) is 4.17. The average Bonchev–Trinajstić information content (AvgIpc) is 3.23. The maximum absolute atomic E-state index is 14.6. The van der Waals surface area contributed by atoms with Crippen LogP contribution in [0.25, 0.3) is 0 Å². The van der Waals surface area contributed by atoms with E-state index in [2.05, 4.69) is 32.1 Å². The molecule has 7 nitrogen and oxygen atoms in total. The smallest absolute Gasteiger partial charge is 0.318 e. The molecule has 1 aromatic heterocycles. The molecule has 0 amide bonds. The van der Waals surface area contributed by atoms with Crippen molar-refractivity contribution < 1.29 is 9.13 Å². The van der Waals surface area contributed by atoms with Gasteiger partial charge in [-0.2, -0.15) is 9.97 Å². The summed E-state index contributed by atoms with van der Waals surface area (Å²) in [5, 5.41) is 3.09. The van der Waals surface area contributed by atoms with E-state index < -0.39 is 0 Å². The Labute approximate surface area is 164 Å². The molecular formula is C20H27FN6O. The van der Waals surface area contributed by atoms with E-state index in [1.54, 1.807) is 13.0 Å². The molecule has 0 radical (unpaired) electrons. The molecule has 8 heteroatoms. The van der Waals surface area contributed by atoms with Gasteiger partial charge in [0.05, 0.1) is 18.5 Å². The molecule has 0 spiro atoms. The molecule has 1 aromatic carbocycles. The van der Waals surface area contributed by atoms with Crippen molar-refractivity contribution in [2.24, 2.45) is 0 Å². The maximum atomic E-state index is 14.6.